The van der Waals surface area contributed by atoms with E-state index in [1.807, 2.05) is 19.1 Å². The van der Waals surface area contributed by atoms with Crippen LogP contribution in [0.1, 0.15) is 32.4 Å². The van der Waals surface area contributed by atoms with Crippen LogP contribution in [0.2, 0.25) is 10.0 Å². The lowest BCUT2D eigenvalue weighted by molar-refractivity contribution is 0.202. The highest BCUT2D eigenvalue weighted by Crippen LogP contribution is 2.25. The third-order valence-corrected chi connectivity index (χ3v) is 3.84. The average molecular weight is 276 g/mol. The lowest BCUT2D eigenvalue weighted by atomic mass is 10.0. The maximum absolute atomic E-state index is 9.09. The summed E-state index contributed by atoms with van der Waals surface area (Å²) in [5.41, 5.74) is 1.09. The highest BCUT2D eigenvalue weighted by atomic mass is 35.5. The Balaban J connectivity index is 2.69. The third kappa shape index (κ3) is 4.14. The van der Waals surface area contributed by atoms with Crippen molar-refractivity contribution < 1.29 is 5.11 Å². The first-order valence-corrected chi connectivity index (χ1v) is 6.53. The second kappa shape index (κ2) is 6.60. The number of benzene rings is 1. The quantitative estimate of drug-likeness (QED) is 0.860. The second-order valence-electron chi connectivity index (χ2n) is 4.51. The van der Waals surface area contributed by atoms with E-state index in [4.69, 9.17) is 28.3 Å². The topological polar surface area (TPSA) is 32.3 Å². The molecule has 17 heavy (non-hydrogen) atoms. The number of aliphatic hydroxyl groups is 1. The molecule has 0 amide bonds. The summed E-state index contributed by atoms with van der Waals surface area (Å²) in [4.78, 5) is 0. The van der Waals surface area contributed by atoms with Gasteiger partial charge in [-0.15, -0.1) is 0 Å². The molecule has 0 aromatic heterocycles. The summed E-state index contributed by atoms with van der Waals surface area (Å²) in [7, 11) is 0. The molecular weight excluding hydrogens is 257 g/mol. The Labute approximate surface area is 113 Å². The van der Waals surface area contributed by atoms with Crippen molar-refractivity contribution in [3.8, 4) is 0 Å². The Morgan fingerprint density at radius 2 is 1.82 bits per heavy atom. The highest BCUT2D eigenvalue weighted by Gasteiger charge is 2.15. The molecule has 0 aliphatic carbocycles. The number of hydrogen-bond acceptors (Lipinski definition) is 2. The summed E-state index contributed by atoms with van der Waals surface area (Å²) < 4.78 is 0. The van der Waals surface area contributed by atoms with Gasteiger partial charge in [-0.2, -0.15) is 0 Å². The van der Waals surface area contributed by atoms with Crippen LogP contribution in [-0.4, -0.2) is 17.8 Å². The van der Waals surface area contributed by atoms with Crippen LogP contribution in [-0.2, 0) is 0 Å². The number of hydrogen-bond donors (Lipinski definition) is 2. The standard InChI is InChI=1S/C13H19Cl2NO/c1-8(7-17)9(2)16-10(3)11-4-5-12(14)13(15)6-11/h4-6,8-10,16-17H,7H2,1-3H3. The third-order valence-electron chi connectivity index (χ3n) is 3.10. The van der Waals surface area contributed by atoms with E-state index in [9.17, 15) is 0 Å². The van der Waals surface area contributed by atoms with Gasteiger partial charge in [0.05, 0.1) is 10.0 Å². The lowest BCUT2D eigenvalue weighted by Crippen LogP contribution is -2.35. The van der Waals surface area contributed by atoms with Crippen molar-refractivity contribution in [2.24, 2.45) is 5.92 Å². The minimum atomic E-state index is 0.175. The van der Waals surface area contributed by atoms with Gasteiger partial charge < -0.3 is 10.4 Å². The summed E-state index contributed by atoms with van der Waals surface area (Å²) in [6.45, 7) is 6.33. The fourth-order valence-corrected chi connectivity index (χ4v) is 1.90. The molecule has 0 saturated heterocycles. The van der Waals surface area contributed by atoms with E-state index in [-0.39, 0.29) is 24.6 Å². The van der Waals surface area contributed by atoms with Crippen LogP contribution < -0.4 is 5.32 Å². The van der Waals surface area contributed by atoms with Crippen LogP contribution in [0.25, 0.3) is 0 Å². The molecule has 1 aromatic rings. The summed E-state index contributed by atoms with van der Waals surface area (Å²) in [5, 5.41) is 13.7. The molecule has 96 valence electrons. The van der Waals surface area contributed by atoms with Gasteiger partial charge in [-0.1, -0.05) is 36.2 Å². The Morgan fingerprint density at radius 3 is 2.35 bits per heavy atom. The first-order valence-electron chi connectivity index (χ1n) is 5.77. The predicted molar refractivity (Wildman–Crippen MR) is 73.7 cm³/mol. The van der Waals surface area contributed by atoms with Crippen molar-refractivity contribution in [3.05, 3.63) is 33.8 Å². The van der Waals surface area contributed by atoms with Crippen LogP contribution in [0.5, 0.6) is 0 Å². The molecule has 2 nitrogen and oxygen atoms in total. The van der Waals surface area contributed by atoms with Crippen molar-refractivity contribution in [1.29, 1.82) is 0 Å². The maximum atomic E-state index is 9.09. The van der Waals surface area contributed by atoms with Crippen LogP contribution in [0, 0.1) is 5.92 Å². The lowest BCUT2D eigenvalue weighted by Gasteiger charge is -2.24. The number of rotatable bonds is 5. The van der Waals surface area contributed by atoms with Crippen molar-refractivity contribution in [3.63, 3.8) is 0 Å². The molecule has 1 rings (SSSR count). The predicted octanol–water partition coefficient (Wildman–Crippen LogP) is 3.66. The number of halogens is 2. The largest absolute Gasteiger partial charge is 0.396 e. The highest BCUT2D eigenvalue weighted by molar-refractivity contribution is 6.42. The molecule has 0 spiro atoms. The number of aliphatic hydroxyl groups excluding tert-OH is 1. The van der Waals surface area contributed by atoms with Gasteiger partial charge in [-0.05, 0) is 37.5 Å². The van der Waals surface area contributed by atoms with Gasteiger partial charge in [-0.3, -0.25) is 0 Å². The van der Waals surface area contributed by atoms with Crippen LogP contribution in [0.4, 0.5) is 0 Å². The van der Waals surface area contributed by atoms with E-state index in [1.54, 1.807) is 6.07 Å². The molecule has 2 N–H and O–H groups in total. The Morgan fingerprint density at radius 1 is 1.18 bits per heavy atom. The van der Waals surface area contributed by atoms with E-state index >= 15 is 0 Å². The molecule has 4 heteroatoms. The van der Waals surface area contributed by atoms with Crippen molar-refractivity contribution >= 4 is 23.2 Å². The van der Waals surface area contributed by atoms with Crippen LogP contribution >= 0.6 is 23.2 Å². The molecule has 0 bridgehead atoms. The minimum Gasteiger partial charge on any atom is -0.396 e. The first-order chi connectivity index (χ1) is 7.95. The smallest absolute Gasteiger partial charge is 0.0595 e. The Kier molecular flexibility index (Phi) is 5.74. The zero-order valence-electron chi connectivity index (χ0n) is 10.4. The molecular formula is C13H19Cl2NO. The second-order valence-corrected chi connectivity index (χ2v) is 5.32. The first kappa shape index (κ1) is 14.8. The van der Waals surface area contributed by atoms with Gasteiger partial charge in [0, 0.05) is 18.7 Å². The van der Waals surface area contributed by atoms with Gasteiger partial charge in [-0.25, -0.2) is 0 Å². The zero-order chi connectivity index (χ0) is 13.0. The molecule has 0 aliphatic rings. The summed E-state index contributed by atoms with van der Waals surface area (Å²) in [6, 6.07) is 6.05. The minimum absolute atomic E-state index is 0.175. The number of nitrogens with one attached hydrogen (secondary N) is 1. The average Bonchev–Trinajstić information content (AvgIpc) is 2.31. The fourth-order valence-electron chi connectivity index (χ4n) is 1.59. The molecule has 3 unspecified atom stereocenters. The zero-order valence-corrected chi connectivity index (χ0v) is 11.9. The van der Waals surface area contributed by atoms with E-state index in [1.165, 1.54) is 0 Å². The van der Waals surface area contributed by atoms with Crippen molar-refractivity contribution in [2.75, 3.05) is 6.61 Å². The summed E-state index contributed by atoms with van der Waals surface area (Å²) >= 11 is 11.9. The molecule has 0 fully saturated rings. The summed E-state index contributed by atoms with van der Waals surface area (Å²) in [5.74, 6) is 0.222. The van der Waals surface area contributed by atoms with E-state index in [0.717, 1.165) is 5.56 Å². The molecule has 0 saturated carbocycles. The van der Waals surface area contributed by atoms with Gasteiger partial charge in [0.1, 0.15) is 0 Å². The van der Waals surface area contributed by atoms with Gasteiger partial charge in [0.2, 0.25) is 0 Å². The SMILES string of the molecule is CC(NC(C)C(C)CO)c1ccc(Cl)c(Cl)c1. The fraction of sp³-hybridized carbons (Fsp3) is 0.538. The van der Waals surface area contributed by atoms with Crippen LogP contribution in [0.3, 0.4) is 0 Å². The molecule has 0 aliphatic heterocycles. The van der Waals surface area contributed by atoms with Gasteiger partial charge in [0.15, 0.2) is 0 Å². The molecule has 0 radical (unpaired) electrons. The van der Waals surface area contributed by atoms with E-state index < -0.39 is 0 Å². The maximum Gasteiger partial charge on any atom is 0.0595 e. The van der Waals surface area contributed by atoms with Gasteiger partial charge >= 0.3 is 0 Å². The normalized spacial score (nSPS) is 16.6. The van der Waals surface area contributed by atoms with E-state index in [0.29, 0.717) is 10.0 Å². The molecule has 3 atom stereocenters. The summed E-state index contributed by atoms with van der Waals surface area (Å²) in [6.07, 6.45) is 0. The van der Waals surface area contributed by atoms with E-state index in [2.05, 4.69) is 19.2 Å². The Hall–Kier alpha value is -0.280. The Bertz CT molecular complexity index is 370. The van der Waals surface area contributed by atoms with Crippen LogP contribution in [0.15, 0.2) is 18.2 Å². The monoisotopic (exact) mass is 275 g/mol. The van der Waals surface area contributed by atoms with Gasteiger partial charge in [0.25, 0.3) is 0 Å². The molecule has 1 aromatic carbocycles. The van der Waals surface area contributed by atoms with Crippen molar-refractivity contribution in [2.45, 2.75) is 32.9 Å². The van der Waals surface area contributed by atoms with Crippen molar-refractivity contribution in [1.82, 2.24) is 5.32 Å². The molecule has 0 heterocycles.